The van der Waals surface area contributed by atoms with Gasteiger partial charge in [0, 0.05) is 16.6 Å². The van der Waals surface area contributed by atoms with Crippen LogP contribution in [0.2, 0.25) is 5.02 Å². The van der Waals surface area contributed by atoms with Gasteiger partial charge in [-0.1, -0.05) is 11.6 Å². The summed E-state index contributed by atoms with van der Waals surface area (Å²) < 4.78 is 11.4. The first-order valence-electron chi connectivity index (χ1n) is 6.96. The van der Waals surface area contributed by atoms with Gasteiger partial charge in [0.2, 0.25) is 0 Å². The van der Waals surface area contributed by atoms with E-state index in [1.807, 2.05) is 12.1 Å². The molecule has 1 aromatic carbocycles. The van der Waals surface area contributed by atoms with Crippen molar-refractivity contribution in [2.75, 3.05) is 7.11 Å². The first-order chi connectivity index (χ1) is 9.12. The zero-order valence-corrected chi connectivity index (χ0v) is 12.0. The van der Waals surface area contributed by atoms with Crippen molar-refractivity contribution >= 4 is 11.6 Å². The lowest BCUT2D eigenvalue weighted by Crippen LogP contribution is -2.43. The quantitative estimate of drug-likeness (QED) is 0.917. The molecule has 0 spiro atoms. The first kappa shape index (κ1) is 13.1. The number of ether oxygens (including phenoxy) is 2. The maximum atomic E-state index is 6.38. The summed E-state index contributed by atoms with van der Waals surface area (Å²) in [5.74, 6) is 1.48. The van der Waals surface area contributed by atoms with E-state index >= 15 is 0 Å². The monoisotopic (exact) mass is 281 g/mol. The number of hydrogen-bond donors (Lipinski definition) is 1. The van der Waals surface area contributed by atoms with Gasteiger partial charge in [-0.15, -0.1) is 0 Å². The van der Waals surface area contributed by atoms with Crippen LogP contribution in [0.5, 0.6) is 11.5 Å². The third kappa shape index (κ3) is 2.30. The van der Waals surface area contributed by atoms with E-state index in [4.69, 9.17) is 26.8 Å². The Morgan fingerprint density at radius 3 is 2.42 bits per heavy atom. The number of methoxy groups -OCH3 is 1. The summed E-state index contributed by atoms with van der Waals surface area (Å²) in [6.45, 7) is 0. The molecule has 104 valence electrons. The molecule has 2 aliphatic rings. The summed E-state index contributed by atoms with van der Waals surface area (Å²) in [5.41, 5.74) is 7.10. The highest BCUT2D eigenvalue weighted by Crippen LogP contribution is 2.46. The molecule has 0 aromatic heterocycles. The van der Waals surface area contributed by atoms with E-state index in [1.165, 1.54) is 6.42 Å². The van der Waals surface area contributed by atoms with Gasteiger partial charge in [0.25, 0.3) is 0 Å². The van der Waals surface area contributed by atoms with Gasteiger partial charge >= 0.3 is 0 Å². The highest BCUT2D eigenvalue weighted by Gasteiger charge is 2.37. The van der Waals surface area contributed by atoms with Gasteiger partial charge < -0.3 is 15.2 Å². The third-order valence-corrected chi connectivity index (χ3v) is 4.69. The number of rotatable bonds is 4. The summed E-state index contributed by atoms with van der Waals surface area (Å²) in [6, 6.07) is 3.82. The molecule has 0 amide bonds. The van der Waals surface area contributed by atoms with Crippen LogP contribution in [0.4, 0.5) is 0 Å². The second kappa shape index (κ2) is 4.88. The highest BCUT2D eigenvalue weighted by atomic mass is 35.5. The van der Waals surface area contributed by atoms with Gasteiger partial charge in [0.1, 0.15) is 0 Å². The number of nitrogens with two attached hydrogens (primary N) is 1. The average Bonchev–Trinajstić information content (AvgIpc) is 2.31. The molecule has 0 radical (unpaired) electrons. The van der Waals surface area contributed by atoms with Crippen LogP contribution < -0.4 is 15.2 Å². The third-order valence-electron chi connectivity index (χ3n) is 4.38. The van der Waals surface area contributed by atoms with Crippen molar-refractivity contribution in [2.45, 2.75) is 50.2 Å². The fraction of sp³-hybridized carbons (Fsp3) is 0.600. The lowest BCUT2D eigenvalue weighted by Gasteiger charge is -2.39. The minimum atomic E-state index is -0.277. The summed E-state index contributed by atoms with van der Waals surface area (Å²) in [6.07, 6.45) is 6.94. The van der Waals surface area contributed by atoms with Gasteiger partial charge in [0.05, 0.1) is 13.2 Å². The number of benzene rings is 1. The molecule has 2 saturated carbocycles. The zero-order valence-electron chi connectivity index (χ0n) is 11.2. The smallest absolute Gasteiger partial charge is 0.162 e. The van der Waals surface area contributed by atoms with E-state index in [9.17, 15) is 0 Å². The van der Waals surface area contributed by atoms with Gasteiger partial charge in [-0.05, 0) is 50.2 Å². The van der Waals surface area contributed by atoms with Crippen molar-refractivity contribution in [3.8, 4) is 11.5 Å². The normalized spacial score (nSPS) is 21.4. The molecule has 0 bridgehead atoms. The first-order valence-corrected chi connectivity index (χ1v) is 7.34. The average molecular weight is 282 g/mol. The summed E-state index contributed by atoms with van der Waals surface area (Å²) in [5, 5.41) is 0.681. The molecule has 0 aliphatic heterocycles. The summed E-state index contributed by atoms with van der Waals surface area (Å²) >= 11 is 6.35. The Bertz CT molecular complexity index is 481. The Labute approximate surface area is 119 Å². The molecule has 0 atom stereocenters. The summed E-state index contributed by atoms with van der Waals surface area (Å²) in [7, 11) is 1.64. The van der Waals surface area contributed by atoms with E-state index in [1.54, 1.807) is 7.11 Å². The van der Waals surface area contributed by atoms with Crippen LogP contribution in [-0.4, -0.2) is 13.2 Å². The van der Waals surface area contributed by atoms with E-state index < -0.39 is 0 Å². The molecular weight excluding hydrogens is 262 g/mol. The SMILES string of the molecule is COc1cc(Cl)c(C2(N)CCC2)cc1OC1CCC1. The molecule has 0 heterocycles. The molecule has 2 fully saturated rings. The molecule has 2 aliphatic carbocycles. The topological polar surface area (TPSA) is 44.5 Å². The molecule has 4 heteroatoms. The number of hydrogen-bond acceptors (Lipinski definition) is 3. The van der Waals surface area contributed by atoms with Crippen LogP contribution in [0.25, 0.3) is 0 Å². The van der Waals surface area contributed by atoms with Gasteiger partial charge in [-0.25, -0.2) is 0 Å². The molecule has 0 saturated heterocycles. The number of halogens is 1. The molecule has 2 N–H and O–H groups in total. The molecule has 19 heavy (non-hydrogen) atoms. The van der Waals surface area contributed by atoms with E-state index in [2.05, 4.69) is 0 Å². The fourth-order valence-electron chi connectivity index (χ4n) is 2.66. The maximum Gasteiger partial charge on any atom is 0.162 e. The largest absolute Gasteiger partial charge is 0.493 e. The van der Waals surface area contributed by atoms with Crippen LogP contribution in [0.3, 0.4) is 0 Å². The second-order valence-corrected chi connectivity index (χ2v) is 6.07. The Kier molecular flexibility index (Phi) is 3.35. The minimum absolute atomic E-state index is 0.277. The van der Waals surface area contributed by atoms with Crippen molar-refractivity contribution < 1.29 is 9.47 Å². The van der Waals surface area contributed by atoms with Gasteiger partial charge in [0.15, 0.2) is 11.5 Å². The standard InChI is InChI=1S/C15H20ClNO2/c1-18-13-9-12(16)11(15(17)6-3-7-15)8-14(13)19-10-4-2-5-10/h8-10H,2-7,17H2,1H3. The van der Waals surface area contributed by atoms with Crippen molar-refractivity contribution in [1.29, 1.82) is 0 Å². The molecule has 1 aromatic rings. The zero-order chi connectivity index (χ0) is 13.5. The Morgan fingerprint density at radius 2 is 1.95 bits per heavy atom. The van der Waals surface area contributed by atoms with Gasteiger partial charge in [-0.2, -0.15) is 0 Å². The minimum Gasteiger partial charge on any atom is -0.493 e. The van der Waals surface area contributed by atoms with Crippen LogP contribution in [-0.2, 0) is 5.54 Å². The predicted molar refractivity (Wildman–Crippen MR) is 76.0 cm³/mol. The van der Waals surface area contributed by atoms with Crippen LogP contribution in [0, 0.1) is 0 Å². The predicted octanol–water partition coefficient (Wildman–Crippen LogP) is 3.62. The second-order valence-electron chi connectivity index (χ2n) is 5.66. The lowest BCUT2D eigenvalue weighted by atomic mass is 9.72. The van der Waals surface area contributed by atoms with Crippen molar-refractivity contribution in [2.24, 2.45) is 5.73 Å². The van der Waals surface area contributed by atoms with Crippen LogP contribution >= 0.6 is 11.6 Å². The van der Waals surface area contributed by atoms with E-state index in [-0.39, 0.29) is 5.54 Å². The maximum absolute atomic E-state index is 6.38. The molecule has 0 unspecified atom stereocenters. The van der Waals surface area contributed by atoms with Gasteiger partial charge in [-0.3, -0.25) is 0 Å². The fourth-order valence-corrected chi connectivity index (χ4v) is 3.01. The highest BCUT2D eigenvalue weighted by molar-refractivity contribution is 6.31. The van der Waals surface area contributed by atoms with E-state index in [0.717, 1.165) is 43.4 Å². The summed E-state index contributed by atoms with van der Waals surface area (Å²) in [4.78, 5) is 0. The van der Waals surface area contributed by atoms with Crippen molar-refractivity contribution in [1.82, 2.24) is 0 Å². The molecule has 3 nitrogen and oxygen atoms in total. The van der Waals surface area contributed by atoms with Crippen molar-refractivity contribution in [3.05, 3.63) is 22.7 Å². The Morgan fingerprint density at radius 1 is 1.21 bits per heavy atom. The van der Waals surface area contributed by atoms with Crippen LogP contribution in [0.1, 0.15) is 44.1 Å². The van der Waals surface area contributed by atoms with E-state index in [0.29, 0.717) is 16.9 Å². The Balaban J connectivity index is 1.93. The molecule has 3 rings (SSSR count). The molecular formula is C15H20ClNO2. The lowest BCUT2D eigenvalue weighted by molar-refractivity contribution is 0.115. The Hall–Kier alpha value is -0.930. The van der Waals surface area contributed by atoms with Crippen LogP contribution in [0.15, 0.2) is 12.1 Å². The van der Waals surface area contributed by atoms with Crippen molar-refractivity contribution in [3.63, 3.8) is 0 Å².